The van der Waals surface area contributed by atoms with E-state index in [0.29, 0.717) is 12.3 Å². The smallest absolute Gasteiger partial charge is 0.160 e. The van der Waals surface area contributed by atoms with Crippen LogP contribution in [0.2, 0.25) is 0 Å². The Bertz CT molecular complexity index is 564. The number of hydrogen-bond acceptors (Lipinski definition) is 3. The Morgan fingerprint density at radius 2 is 1.85 bits per heavy atom. The number of ether oxygens (including phenoxy) is 1. The molecule has 20 heavy (non-hydrogen) atoms. The average molecular weight is 271 g/mol. The molecule has 0 saturated carbocycles. The largest absolute Gasteiger partial charge is 0.504 e. The maximum absolute atomic E-state index is 9.62. The molecule has 0 aliphatic heterocycles. The molecule has 0 aromatic heterocycles. The highest BCUT2D eigenvalue weighted by Crippen LogP contribution is 2.29. The van der Waals surface area contributed by atoms with Gasteiger partial charge in [-0.2, -0.15) is 0 Å². The summed E-state index contributed by atoms with van der Waals surface area (Å²) in [4.78, 5) is 0. The van der Waals surface area contributed by atoms with Gasteiger partial charge in [0.2, 0.25) is 0 Å². The van der Waals surface area contributed by atoms with Crippen molar-refractivity contribution in [1.29, 1.82) is 0 Å². The number of aryl methyl sites for hydroxylation is 1. The Hall–Kier alpha value is -2.00. The van der Waals surface area contributed by atoms with E-state index in [2.05, 4.69) is 31.2 Å². The van der Waals surface area contributed by atoms with Crippen LogP contribution < -0.4 is 10.5 Å². The van der Waals surface area contributed by atoms with Gasteiger partial charge < -0.3 is 15.6 Å². The van der Waals surface area contributed by atoms with Gasteiger partial charge in [-0.3, -0.25) is 0 Å². The molecule has 2 aromatic carbocycles. The molecule has 0 heterocycles. The molecule has 0 radical (unpaired) electrons. The lowest BCUT2D eigenvalue weighted by atomic mass is 9.91. The van der Waals surface area contributed by atoms with Gasteiger partial charge in [-0.15, -0.1) is 0 Å². The molecule has 0 saturated heterocycles. The second kappa shape index (κ2) is 6.44. The van der Waals surface area contributed by atoms with Crippen molar-refractivity contribution >= 4 is 0 Å². The first-order chi connectivity index (χ1) is 9.63. The van der Waals surface area contributed by atoms with E-state index in [1.165, 1.54) is 11.1 Å². The van der Waals surface area contributed by atoms with Crippen molar-refractivity contribution in [2.75, 3.05) is 13.7 Å². The van der Waals surface area contributed by atoms with Crippen molar-refractivity contribution in [3.8, 4) is 11.5 Å². The molecule has 0 fully saturated rings. The number of rotatable bonds is 5. The summed E-state index contributed by atoms with van der Waals surface area (Å²) in [5.74, 6) is 0.933. The van der Waals surface area contributed by atoms with Crippen molar-refractivity contribution in [2.45, 2.75) is 19.3 Å². The molecule has 106 valence electrons. The Balaban J connectivity index is 2.19. The zero-order valence-corrected chi connectivity index (χ0v) is 12.0. The van der Waals surface area contributed by atoms with Crippen LogP contribution in [0.4, 0.5) is 0 Å². The SMILES string of the molecule is COc1cc(CC(CN)c2ccc(C)cc2)ccc1O. The molecular formula is C17H21NO2. The van der Waals surface area contributed by atoms with Gasteiger partial charge in [0.15, 0.2) is 11.5 Å². The first-order valence-corrected chi connectivity index (χ1v) is 6.76. The first kappa shape index (κ1) is 14.4. The molecule has 3 heteroatoms. The van der Waals surface area contributed by atoms with E-state index in [4.69, 9.17) is 10.5 Å². The van der Waals surface area contributed by atoms with Crippen LogP contribution in [0.25, 0.3) is 0 Å². The summed E-state index contributed by atoms with van der Waals surface area (Å²) in [5, 5.41) is 9.62. The predicted molar refractivity (Wildman–Crippen MR) is 81.3 cm³/mol. The van der Waals surface area contributed by atoms with Gasteiger partial charge in [0.05, 0.1) is 7.11 Å². The molecule has 0 spiro atoms. The summed E-state index contributed by atoms with van der Waals surface area (Å²) in [6, 6.07) is 13.9. The van der Waals surface area contributed by atoms with Crippen molar-refractivity contribution in [2.24, 2.45) is 5.73 Å². The Morgan fingerprint density at radius 1 is 1.15 bits per heavy atom. The maximum atomic E-state index is 9.62. The molecule has 3 nitrogen and oxygen atoms in total. The Kier molecular flexibility index (Phi) is 4.64. The summed E-state index contributed by atoms with van der Waals surface area (Å²) in [5.41, 5.74) is 9.50. The molecule has 1 unspecified atom stereocenters. The van der Waals surface area contributed by atoms with Gasteiger partial charge in [-0.25, -0.2) is 0 Å². The third-order valence-electron chi connectivity index (χ3n) is 3.56. The van der Waals surface area contributed by atoms with Crippen molar-refractivity contribution in [1.82, 2.24) is 0 Å². The number of phenols is 1. The molecular weight excluding hydrogens is 250 g/mol. The lowest BCUT2D eigenvalue weighted by molar-refractivity contribution is 0.373. The van der Waals surface area contributed by atoms with Gasteiger partial charge in [0, 0.05) is 5.92 Å². The minimum absolute atomic E-state index is 0.163. The highest BCUT2D eigenvalue weighted by atomic mass is 16.5. The molecule has 0 aliphatic rings. The molecule has 0 bridgehead atoms. The lowest BCUT2D eigenvalue weighted by Gasteiger charge is -2.16. The van der Waals surface area contributed by atoms with Crippen molar-refractivity contribution in [3.63, 3.8) is 0 Å². The van der Waals surface area contributed by atoms with Crippen LogP contribution in [0.15, 0.2) is 42.5 Å². The van der Waals surface area contributed by atoms with Crippen LogP contribution in [0.5, 0.6) is 11.5 Å². The van der Waals surface area contributed by atoms with Gasteiger partial charge in [-0.1, -0.05) is 35.9 Å². The second-order valence-corrected chi connectivity index (χ2v) is 5.05. The third kappa shape index (κ3) is 3.31. The van der Waals surface area contributed by atoms with E-state index in [9.17, 15) is 5.11 Å². The predicted octanol–water partition coefficient (Wildman–Crippen LogP) is 2.99. The minimum Gasteiger partial charge on any atom is -0.504 e. The van der Waals surface area contributed by atoms with Crippen LogP contribution in [-0.2, 0) is 6.42 Å². The zero-order valence-electron chi connectivity index (χ0n) is 12.0. The lowest BCUT2D eigenvalue weighted by Crippen LogP contribution is -2.15. The van der Waals surface area contributed by atoms with E-state index >= 15 is 0 Å². The van der Waals surface area contributed by atoms with Crippen LogP contribution in [-0.4, -0.2) is 18.8 Å². The number of hydrogen-bond donors (Lipinski definition) is 2. The molecule has 0 aliphatic carbocycles. The van der Waals surface area contributed by atoms with Crippen LogP contribution in [0.1, 0.15) is 22.6 Å². The first-order valence-electron chi connectivity index (χ1n) is 6.76. The second-order valence-electron chi connectivity index (χ2n) is 5.05. The third-order valence-corrected chi connectivity index (χ3v) is 3.56. The summed E-state index contributed by atoms with van der Waals surface area (Å²) in [6.07, 6.45) is 0.830. The topological polar surface area (TPSA) is 55.5 Å². The van der Waals surface area contributed by atoms with Gasteiger partial charge in [0.1, 0.15) is 0 Å². The van der Waals surface area contributed by atoms with Gasteiger partial charge in [-0.05, 0) is 43.1 Å². The van der Waals surface area contributed by atoms with E-state index in [1.807, 2.05) is 12.1 Å². The van der Waals surface area contributed by atoms with E-state index in [0.717, 1.165) is 12.0 Å². The molecule has 0 amide bonds. The number of aromatic hydroxyl groups is 1. The monoisotopic (exact) mass is 271 g/mol. The van der Waals surface area contributed by atoms with Crippen molar-refractivity contribution in [3.05, 3.63) is 59.2 Å². The van der Waals surface area contributed by atoms with Crippen LogP contribution in [0.3, 0.4) is 0 Å². The van der Waals surface area contributed by atoms with E-state index < -0.39 is 0 Å². The summed E-state index contributed by atoms with van der Waals surface area (Å²) >= 11 is 0. The fraction of sp³-hybridized carbons (Fsp3) is 0.294. The number of phenolic OH excluding ortho intramolecular Hbond substituents is 1. The molecule has 2 aromatic rings. The fourth-order valence-electron chi connectivity index (χ4n) is 2.31. The fourth-order valence-corrected chi connectivity index (χ4v) is 2.31. The van der Waals surface area contributed by atoms with Gasteiger partial charge >= 0.3 is 0 Å². The van der Waals surface area contributed by atoms with Crippen LogP contribution >= 0.6 is 0 Å². The van der Waals surface area contributed by atoms with Crippen LogP contribution in [0, 0.1) is 6.92 Å². The molecule has 3 N–H and O–H groups in total. The molecule has 2 rings (SSSR count). The summed E-state index contributed by atoms with van der Waals surface area (Å²) < 4.78 is 5.14. The number of methoxy groups -OCH3 is 1. The number of nitrogens with two attached hydrogens (primary N) is 1. The van der Waals surface area contributed by atoms with E-state index in [-0.39, 0.29) is 11.7 Å². The Morgan fingerprint density at radius 3 is 2.45 bits per heavy atom. The average Bonchev–Trinajstić information content (AvgIpc) is 2.47. The highest BCUT2D eigenvalue weighted by Gasteiger charge is 2.12. The summed E-state index contributed by atoms with van der Waals surface area (Å²) in [6.45, 7) is 2.67. The number of benzene rings is 2. The normalized spacial score (nSPS) is 12.2. The quantitative estimate of drug-likeness (QED) is 0.879. The van der Waals surface area contributed by atoms with E-state index in [1.54, 1.807) is 13.2 Å². The van der Waals surface area contributed by atoms with Gasteiger partial charge in [0.25, 0.3) is 0 Å². The Labute approximate surface area is 120 Å². The van der Waals surface area contributed by atoms with Crippen molar-refractivity contribution < 1.29 is 9.84 Å². The molecule has 1 atom stereocenters. The zero-order chi connectivity index (χ0) is 14.5. The standard InChI is InChI=1S/C17H21NO2/c1-12-3-6-14(7-4-12)15(11-18)9-13-5-8-16(19)17(10-13)20-2/h3-8,10,15,19H,9,11,18H2,1-2H3. The minimum atomic E-state index is 0.163. The highest BCUT2D eigenvalue weighted by molar-refractivity contribution is 5.42. The maximum Gasteiger partial charge on any atom is 0.160 e. The summed E-state index contributed by atoms with van der Waals surface area (Å²) in [7, 11) is 1.55.